The van der Waals surface area contributed by atoms with E-state index in [1.165, 1.54) is 13.3 Å². The van der Waals surface area contributed by atoms with Gasteiger partial charge in [0.25, 0.3) is 5.91 Å². The van der Waals surface area contributed by atoms with Gasteiger partial charge in [-0.05, 0) is 31.4 Å². The molecule has 1 atom stereocenters. The molecule has 138 valence electrons. The molecule has 1 aliphatic heterocycles. The molecule has 7 heteroatoms. The van der Waals surface area contributed by atoms with Crippen LogP contribution in [0.5, 0.6) is 17.5 Å². The molecule has 0 N–H and O–H groups in total. The van der Waals surface area contributed by atoms with Crippen LogP contribution < -0.4 is 14.2 Å². The molecule has 2 aromatic rings. The van der Waals surface area contributed by atoms with Crippen LogP contribution in [0.2, 0.25) is 0 Å². The summed E-state index contributed by atoms with van der Waals surface area (Å²) in [5, 5.41) is 0. The van der Waals surface area contributed by atoms with Crippen LogP contribution >= 0.6 is 0 Å². The zero-order valence-electron chi connectivity index (χ0n) is 15.1. The van der Waals surface area contributed by atoms with Gasteiger partial charge in [0.1, 0.15) is 11.9 Å². The number of methoxy groups -OCH3 is 1. The highest BCUT2D eigenvalue weighted by atomic mass is 16.5. The van der Waals surface area contributed by atoms with Crippen molar-refractivity contribution in [2.75, 3.05) is 26.8 Å². The molecule has 26 heavy (non-hydrogen) atoms. The minimum atomic E-state index is -0.118. The summed E-state index contributed by atoms with van der Waals surface area (Å²) in [7, 11) is 1.53. The maximum atomic E-state index is 12.5. The van der Waals surface area contributed by atoms with Crippen LogP contribution in [-0.2, 0) is 4.79 Å². The first-order valence-corrected chi connectivity index (χ1v) is 8.64. The lowest BCUT2D eigenvalue weighted by Gasteiger charge is -2.32. The minimum Gasteiger partial charge on any atom is -0.484 e. The van der Waals surface area contributed by atoms with Gasteiger partial charge in [-0.3, -0.25) is 9.78 Å². The van der Waals surface area contributed by atoms with Crippen molar-refractivity contribution < 1.29 is 19.0 Å². The number of carbonyl (C=O) groups is 1. The van der Waals surface area contributed by atoms with Gasteiger partial charge in [0.2, 0.25) is 11.8 Å². The highest BCUT2D eigenvalue weighted by Crippen LogP contribution is 2.19. The molecule has 0 saturated carbocycles. The molecule has 1 fully saturated rings. The van der Waals surface area contributed by atoms with Crippen molar-refractivity contribution in [3.63, 3.8) is 0 Å². The van der Waals surface area contributed by atoms with Crippen LogP contribution in [0.15, 0.2) is 36.7 Å². The Kier molecular flexibility index (Phi) is 5.88. The van der Waals surface area contributed by atoms with E-state index in [1.807, 2.05) is 31.2 Å². The summed E-state index contributed by atoms with van der Waals surface area (Å²) in [4.78, 5) is 22.5. The number of hydrogen-bond donors (Lipinski definition) is 0. The largest absolute Gasteiger partial charge is 0.484 e. The van der Waals surface area contributed by atoms with E-state index in [9.17, 15) is 4.79 Å². The van der Waals surface area contributed by atoms with E-state index in [1.54, 1.807) is 11.1 Å². The van der Waals surface area contributed by atoms with E-state index >= 15 is 0 Å². The zero-order chi connectivity index (χ0) is 18.4. The van der Waals surface area contributed by atoms with E-state index < -0.39 is 0 Å². The summed E-state index contributed by atoms with van der Waals surface area (Å²) >= 11 is 0. The Morgan fingerprint density at radius 3 is 2.88 bits per heavy atom. The van der Waals surface area contributed by atoms with Gasteiger partial charge in [-0.25, -0.2) is 0 Å². The first kappa shape index (κ1) is 18.0. The summed E-state index contributed by atoms with van der Waals surface area (Å²) in [6, 6.07) is 7.66. The average Bonchev–Trinajstić information content (AvgIpc) is 2.67. The van der Waals surface area contributed by atoms with Gasteiger partial charge in [-0.15, -0.1) is 0 Å². The van der Waals surface area contributed by atoms with E-state index in [0.717, 1.165) is 24.2 Å². The van der Waals surface area contributed by atoms with Crippen LogP contribution in [0.4, 0.5) is 0 Å². The van der Waals surface area contributed by atoms with Crippen LogP contribution in [0.1, 0.15) is 18.4 Å². The standard InChI is InChI=1S/C19H23N3O4/c1-14-6-3-4-8-16(14)25-13-19(23)22-9-5-7-15(12-22)26-18-11-20-10-17(21-18)24-2/h3-4,6,8,10-11,15H,5,7,9,12-13H2,1-2H3. The monoisotopic (exact) mass is 357 g/mol. The predicted octanol–water partition coefficient (Wildman–Crippen LogP) is 2.24. The molecule has 0 radical (unpaired) electrons. The van der Waals surface area contributed by atoms with Gasteiger partial charge in [0.05, 0.1) is 26.0 Å². The summed E-state index contributed by atoms with van der Waals surface area (Å²) in [5.74, 6) is 1.49. The fourth-order valence-electron chi connectivity index (χ4n) is 2.87. The number of carbonyl (C=O) groups excluding carboxylic acids is 1. The SMILES string of the molecule is COc1cncc(OC2CCCN(C(=O)COc3ccccc3C)C2)n1. The van der Waals surface area contributed by atoms with E-state index in [2.05, 4.69) is 9.97 Å². The molecule has 1 aromatic carbocycles. The number of amides is 1. The zero-order valence-corrected chi connectivity index (χ0v) is 15.1. The maximum absolute atomic E-state index is 12.5. The highest BCUT2D eigenvalue weighted by Gasteiger charge is 2.25. The number of nitrogens with zero attached hydrogens (tertiary/aromatic N) is 3. The number of piperidine rings is 1. The molecular formula is C19H23N3O4. The second-order valence-electron chi connectivity index (χ2n) is 6.18. The molecule has 0 spiro atoms. The van der Waals surface area contributed by atoms with Crippen molar-refractivity contribution in [3.8, 4) is 17.5 Å². The lowest BCUT2D eigenvalue weighted by molar-refractivity contribution is -0.136. The van der Waals surface area contributed by atoms with E-state index in [-0.39, 0.29) is 18.6 Å². The molecule has 2 heterocycles. The fraction of sp³-hybridized carbons (Fsp3) is 0.421. The minimum absolute atomic E-state index is 0.0243. The molecule has 1 saturated heterocycles. The second-order valence-corrected chi connectivity index (χ2v) is 6.18. The number of ether oxygens (including phenoxy) is 3. The number of benzene rings is 1. The molecule has 1 unspecified atom stereocenters. The number of para-hydroxylation sites is 1. The lowest BCUT2D eigenvalue weighted by atomic mass is 10.1. The second kappa shape index (κ2) is 8.51. The number of hydrogen-bond acceptors (Lipinski definition) is 6. The Morgan fingerprint density at radius 2 is 2.08 bits per heavy atom. The topological polar surface area (TPSA) is 73.8 Å². The van der Waals surface area contributed by atoms with Gasteiger partial charge >= 0.3 is 0 Å². The third-order valence-corrected chi connectivity index (χ3v) is 4.26. The molecule has 1 amide bonds. The molecule has 7 nitrogen and oxygen atoms in total. The van der Waals surface area contributed by atoms with Crippen molar-refractivity contribution in [3.05, 3.63) is 42.2 Å². The van der Waals surface area contributed by atoms with E-state index in [4.69, 9.17) is 14.2 Å². The molecule has 3 rings (SSSR count). The third kappa shape index (κ3) is 4.62. The molecule has 0 bridgehead atoms. The van der Waals surface area contributed by atoms with Crippen molar-refractivity contribution in [1.82, 2.24) is 14.9 Å². The van der Waals surface area contributed by atoms with Crippen molar-refractivity contribution >= 4 is 5.91 Å². The van der Waals surface area contributed by atoms with Crippen molar-refractivity contribution in [1.29, 1.82) is 0 Å². The molecule has 0 aliphatic carbocycles. The summed E-state index contributed by atoms with van der Waals surface area (Å²) in [6.07, 6.45) is 4.68. The van der Waals surface area contributed by atoms with Gasteiger partial charge < -0.3 is 19.1 Å². The average molecular weight is 357 g/mol. The first-order chi connectivity index (χ1) is 12.7. The van der Waals surface area contributed by atoms with E-state index in [0.29, 0.717) is 24.8 Å². The lowest BCUT2D eigenvalue weighted by Crippen LogP contribution is -2.46. The Balaban J connectivity index is 1.54. The maximum Gasteiger partial charge on any atom is 0.260 e. The summed E-state index contributed by atoms with van der Waals surface area (Å²) < 4.78 is 16.6. The number of aromatic nitrogens is 2. The predicted molar refractivity (Wildman–Crippen MR) is 95.5 cm³/mol. The normalized spacial score (nSPS) is 16.8. The quantitative estimate of drug-likeness (QED) is 0.789. The first-order valence-electron chi connectivity index (χ1n) is 8.64. The Hall–Kier alpha value is -2.83. The summed E-state index contributed by atoms with van der Waals surface area (Å²) in [5.41, 5.74) is 1.01. The van der Waals surface area contributed by atoms with Crippen LogP contribution in [0.25, 0.3) is 0 Å². The molecule has 1 aliphatic rings. The third-order valence-electron chi connectivity index (χ3n) is 4.26. The number of rotatable bonds is 6. The highest BCUT2D eigenvalue weighted by molar-refractivity contribution is 5.78. The van der Waals surface area contributed by atoms with Gasteiger partial charge in [0.15, 0.2) is 6.61 Å². The number of aryl methyl sites for hydroxylation is 1. The smallest absolute Gasteiger partial charge is 0.260 e. The fourth-order valence-corrected chi connectivity index (χ4v) is 2.87. The van der Waals surface area contributed by atoms with Crippen molar-refractivity contribution in [2.24, 2.45) is 0 Å². The summed E-state index contributed by atoms with van der Waals surface area (Å²) in [6.45, 7) is 3.20. The van der Waals surface area contributed by atoms with Gasteiger partial charge in [0, 0.05) is 6.54 Å². The Morgan fingerprint density at radius 1 is 1.27 bits per heavy atom. The number of likely N-dealkylation sites (tertiary alicyclic amines) is 1. The van der Waals surface area contributed by atoms with Crippen molar-refractivity contribution in [2.45, 2.75) is 25.9 Å². The van der Waals surface area contributed by atoms with Crippen LogP contribution in [0, 0.1) is 6.92 Å². The Labute approximate surface area is 152 Å². The molecule has 1 aromatic heterocycles. The van der Waals surface area contributed by atoms with Gasteiger partial charge in [-0.2, -0.15) is 4.98 Å². The molecular weight excluding hydrogens is 334 g/mol. The van der Waals surface area contributed by atoms with Gasteiger partial charge in [-0.1, -0.05) is 18.2 Å². The van der Waals surface area contributed by atoms with Crippen LogP contribution in [-0.4, -0.2) is 53.7 Å². The Bertz CT molecular complexity index is 753. The van der Waals surface area contributed by atoms with Crippen LogP contribution in [0.3, 0.4) is 0 Å².